The van der Waals surface area contributed by atoms with Crippen LogP contribution in [-0.2, 0) is 32.1 Å². The standard InChI is InChI=1S/C34H44N2O5/c1-3-13-29(24-31(38)36(21-22-37)25-28-17-9-6-10-18-28)32(39)35-34(19-11-12-20-34)26-41-33(40)30(14-4-2)23-27-15-7-5-8-16-27/h3-10,15-18,29-30,37H,1-2,11-14,19-26H2,(H,35,39)/t29-,30+/m1/s1. The Balaban J connectivity index is 1.64. The molecule has 7 nitrogen and oxygen atoms in total. The Hall–Kier alpha value is -3.71. The molecule has 220 valence electrons. The lowest BCUT2D eigenvalue weighted by Crippen LogP contribution is -2.52. The zero-order chi connectivity index (χ0) is 29.5. The molecule has 0 heterocycles. The predicted octanol–water partition coefficient (Wildman–Crippen LogP) is 5.00. The van der Waals surface area contributed by atoms with E-state index < -0.39 is 11.5 Å². The molecule has 1 aliphatic rings. The van der Waals surface area contributed by atoms with E-state index in [1.807, 2.05) is 60.7 Å². The molecule has 0 bridgehead atoms. The Labute approximate surface area is 244 Å². The Kier molecular flexibility index (Phi) is 12.8. The van der Waals surface area contributed by atoms with E-state index in [0.29, 0.717) is 38.6 Å². The maximum atomic E-state index is 13.6. The van der Waals surface area contributed by atoms with Gasteiger partial charge in [-0.2, -0.15) is 0 Å². The van der Waals surface area contributed by atoms with Gasteiger partial charge in [0.25, 0.3) is 0 Å². The third kappa shape index (κ3) is 10.0. The second kappa shape index (κ2) is 16.5. The Morgan fingerprint density at radius 3 is 2.10 bits per heavy atom. The van der Waals surface area contributed by atoms with Crippen molar-refractivity contribution in [1.82, 2.24) is 10.2 Å². The smallest absolute Gasteiger partial charge is 0.309 e. The van der Waals surface area contributed by atoms with Gasteiger partial charge in [0.2, 0.25) is 11.8 Å². The number of hydrogen-bond acceptors (Lipinski definition) is 5. The van der Waals surface area contributed by atoms with Crippen molar-refractivity contribution in [1.29, 1.82) is 0 Å². The van der Waals surface area contributed by atoms with E-state index in [9.17, 15) is 19.5 Å². The van der Waals surface area contributed by atoms with Crippen LogP contribution in [0.3, 0.4) is 0 Å². The van der Waals surface area contributed by atoms with Crippen molar-refractivity contribution in [3.05, 3.63) is 97.1 Å². The van der Waals surface area contributed by atoms with Gasteiger partial charge in [0, 0.05) is 19.5 Å². The van der Waals surface area contributed by atoms with Crippen LogP contribution in [0.25, 0.3) is 0 Å². The third-order valence-electron chi connectivity index (χ3n) is 7.73. The summed E-state index contributed by atoms with van der Waals surface area (Å²) in [5.41, 5.74) is 1.35. The number of amides is 2. The molecule has 2 atom stereocenters. The third-order valence-corrected chi connectivity index (χ3v) is 7.73. The van der Waals surface area contributed by atoms with Gasteiger partial charge in [-0.15, -0.1) is 13.2 Å². The first kappa shape index (κ1) is 31.8. The molecule has 0 saturated heterocycles. The minimum absolute atomic E-state index is 0.000953. The Bertz CT molecular complexity index is 1130. The average Bonchev–Trinajstić information content (AvgIpc) is 3.44. The van der Waals surface area contributed by atoms with Crippen LogP contribution in [0.4, 0.5) is 0 Å². The Morgan fingerprint density at radius 2 is 1.51 bits per heavy atom. The number of carbonyl (C=O) groups is 3. The molecule has 3 rings (SSSR count). The fraction of sp³-hybridized carbons (Fsp3) is 0.441. The SMILES string of the molecule is C=CC[C@H](CC(=O)N(CCO)Cc1ccccc1)C(=O)NC1(COC(=O)[C@@H](CC=C)Cc2ccccc2)CCCC1. The summed E-state index contributed by atoms with van der Waals surface area (Å²) < 4.78 is 5.85. The molecule has 41 heavy (non-hydrogen) atoms. The number of ether oxygens (including phenoxy) is 1. The van der Waals surface area contributed by atoms with Gasteiger partial charge in [0.05, 0.1) is 24.0 Å². The number of aliphatic hydroxyl groups excluding tert-OH is 1. The number of aliphatic hydroxyl groups is 1. The van der Waals surface area contributed by atoms with Gasteiger partial charge in [0.15, 0.2) is 0 Å². The van der Waals surface area contributed by atoms with E-state index in [-0.39, 0.29) is 49.9 Å². The first-order valence-corrected chi connectivity index (χ1v) is 14.6. The maximum Gasteiger partial charge on any atom is 0.309 e. The highest BCUT2D eigenvalue weighted by Crippen LogP contribution is 2.31. The van der Waals surface area contributed by atoms with Crippen LogP contribution in [0.2, 0.25) is 0 Å². The summed E-state index contributed by atoms with van der Waals surface area (Å²) in [5, 5.41) is 12.7. The zero-order valence-electron chi connectivity index (χ0n) is 24.0. The lowest BCUT2D eigenvalue weighted by Gasteiger charge is -2.32. The normalized spacial score (nSPS) is 15.3. The summed E-state index contributed by atoms with van der Waals surface area (Å²) in [5.74, 6) is -1.71. The van der Waals surface area contributed by atoms with Crippen LogP contribution in [0.5, 0.6) is 0 Å². The van der Waals surface area contributed by atoms with E-state index in [1.165, 1.54) is 0 Å². The monoisotopic (exact) mass is 560 g/mol. The van der Waals surface area contributed by atoms with E-state index in [4.69, 9.17) is 4.74 Å². The summed E-state index contributed by atoms with van der Waals surface area (Å²) in [6.45, 7) is 8.08. The first-order chi connectivity index (χ1) is 19.9. The molecule has 0 spiro atoms. The molecule has 2 aromatic carbocycles. The predicted molar refractivity (Wildman–Crippen MR) is 161 cm³/mol. The number of carbonyl (C=O) groups excluding carboxylic acids is 3. The van der Waals surface area contributed by atoms with Crippen molar-refractivity contribution in [3.8, 4) is 0 Å². The van der Waals surface area contributed by atoms with Crippen molar-refractivity contribution in [3.63, 3.8) is 0 Å². The highest BCUT2D eigenvalue weighted by molar-refractivity contribution is 5.86. The van der Waals surface area contributed by atoms with E-state index in [0.717, 1.165) is 24.0 Å². The van der Waals surface area contributed by atoms with Crippen LogP contribution in [0.15, 0.2) is 86.0 Å². The second-order valence-electron chi connectivity index (χ2n) is 10.9. The maximum absolute atomic E-state index is 13.6. The molecule has 2 amide bonds. The highest BCUT2D eigenvalue weighted by Gasteiger charge is 2.39. The number of benzene rings is 2. The summed E-state index contributed by atoms with van der Waals surface area (Å²) >= 11 is 0. The Morgan fingerprint density at radius 1 is 0.927 bits per heavy atom. The number of esters is 1. The topological polar surface area (TPSA) is 95.9 Å². The second-order valence-corrected chi connectivity index (χ2v) is 10.9. The van der Waals surface area contributed by atoms with Crippen LogP contribution in [0, 0.1) is 11.8 Å². The van der Waals surface area contributed by atoms with Gasteiger partial charge >= 0.3 is 5.97 Å². The largest absolute Gasteiger partial charge is 0.463 e. The first-order valence-electron chi connectivity index (χ1n) is 14.6. The van der Waals surface area contributed by atoms with Gasteiger partial charge in [0.1, 0.15) is 6.61 Å². The van der Waals surface area contributed by atoms with Gasteiger partial charge < -0.3 is 20.1 Å². The van der Waals surface area contributed by atoms with Gasteiger partial charge in [-0.25, -0.2) is 0 Å². The molecular formula is C34H44N2O5. The molecular weight excluding hydrogens is 516 g/mol. The molecule has 0 aliphatic heterocycles. The number of rotatable bonds is 17. The van der Waals surface area contributed by atoms with Crippen molar-refractivity contribution in [2.45, 2.75) is 63.5 Å². The van der Waals surface area contributed by atoms with Crippen molar-refractivity contribution in [2.75, 3.05) is 19.8 Å². The molecule has 7 heteroatoms. The minimum atomic E-state index is -0.657. The lowest BCUT2D eigenvalue weighted by atomic mass is 9.93. The van der Waals surface area contributed by atoms with E-state index in [1.54, 1.807) is 17.1 Å². The van der Waals surface area contributed by atoms with Crippen molar-refractivity contribution < 1.29 is 24.2 Å². The molecule has 0 aromatic heterocycles. The summed E-state index contributed by atoms with van der Waals surface area (Å²) in [6, 6.07) is 19.4. The quantitative estimate of drug-likeness (QED) is 0.210. The van der Waals surface area contributed by atoms with Crippen LogP contribution in [0.1, 0.15) is 56.1 Å². The van der Waals surface area contributed by atoms with Gasteiger partial charge in [-0.3, -0.25) is 14.4 Å². The lowest BCUT2D eigenvalue weighted by molar-refractivity contribution is -0.152. The molecule has 2 N–H and O–H groups in total. The molecule has 0 radical (unpaired) electrons. The van der Waals surface area contributed by atoms with Crippen LogP contribution < -0.4 is 5.32 Å². The number of nitrogens with one attached hydrogen (secondary N) is 1. The number of allylic oxidation sites excluding steroid dienone is 2. The minimum Gasteiger partial charge on any atom is -0.463 e. The fourth-order valence-electron chi connectivity index (χ4n) is 5.45. The average molecular weight is 561 g/mol. The summed E-state index contributed by atoms with van der Waals surface area (Å²) in [7, 11) is 0. The molecule has 2 aromatic rings. The molecule has 0 unspecified atom stereocenters. The highest BCUT2D eigenvalue weighted by atomic mass is 16.5. The number of nitrogens with zero attached hydrogens (tertiary/aromatic N) is 1. The van der Waals surface area contributed by atoms with Gasteiger partial charge in [-0.1, -0.05) is 85.7 Å². The van der Waals surface area contributed by atoms with Crippen molar-refractivity contribution in [2.24, 2.45) is 11.8 Å². The molecule has 1 aliphatic carbocycles. The van der Waals surface area contributed by atoms with Gasteiger partial charge in [-0.05, 0) is 43.2 Å². The fourth-order valence-corrected chi connectivity index (χ4v) is 5.45. The summed E-state index contributed by atoms with van der Waals surface area (Å²) in [4.78, 5) is 41.5. The number of hydrogen-bond donors (Lipinski definition) is 2. The van der Waals surface area contributed by atoms with Crippen LogP contribution >= 0.6 is 0 Å². The molecule has 1 saturated carbocycles. The van der Waals surface area contributed by atoms with E-state index >= 15 is 0 Å². The van der Waals surface area contributed by atoms with Crippen molar-refractivity contribution >= 4 is 17.8 Å². The zero-order valence-corrected chi connectivity index (χ0v) is 24.0. The van der Waals surface area contributed by atoms with E-state index in [2.05, 4.69) is 18.5 Å². The van der Waals surface area contributed by atoms with Crippen LogP contribution in [-0.4, -0.2) is 53.1 Å². The molecule has 1 fully saturated rings. The summed E-state index contributed by atoms with van der Waals surface area (Å²) in [6.07, 6.45) is 8.03.